The fourth-order valence-electron chi connectivity index (χ4n) is 4.13. The highest BCUT2D eigenvalue weighted by atomic mass is 32.2. The predicted octanol–water partition coefficient (Wildman–Crippen LogP) is 2.80. The number of para-hydroxylation sites is 2. The van der Waals surface area contributed by atoms with E-state index in [1.807, 2.05) is 24.3 Å². The van der Waals surface area contributed by atoms with Crippen LogP contribution in [0, 0.1) is 0 Å². The highest BCUT2D eigenvalue weighted by molar-refractivity contribution is 7.89. The Morgan fingerprint density at radius 1 is 1.13 bits per heavy atom. The molecule has 1 spiro atoms. The summed E-state index contributed by atoms with van der Waals surface area (Å²) in [5.74, 6) is 1.26. The molecule has 2 N–H and O–H groups in total. The van der Waals surface area contributed by atoms with Gasteiger partial charge in [0, 0.05) is 26.3 Å². The van der Waals surface area contributed by atoms with Crippen LogP contribution in [0.25, 0.3) is 0 Å². The molecule has 4 rings (SSSR count). The molecule has 2 aromatic carbocycles. The summed E-state index contributed by atoms with van der Waals surface area (Å²) in [5.41, 5.74) is 1.23. The van der Waals surface area contributed by atoms with Gasteiger partial charge in [-0.05, 0) is 37.1 Å². The van der Waals surface area contributed by atoms with Crippen molar-refractivity contribution >= 4 is 27.2 Å². The van der Waals surface area contributed by atoms with Crippen LogP contribution in [0.5, 0.6) is 5.75 Å². The zero-order chi connectivity index (χ0) is 21.9. The summed E-state index contributed by atoms with van der Waals surface area (Å²) in [6.45, 7) is 1.72. The number of methoxy groups -OCH3 is 2. The maximum absolute atomic E-state index is 13.5. The number of nitrogens with zero attached hydrogens (tertiary/aromatic N) is 2. The number of rotatable bonds is 6. The lowest BCUT2D eigenvalue weighted by molar-refractivity contribution is 0.207. The van der Waals surface area contributed by atoms with Crippen LogP contribution in [-0.4, -0.2) is 64.6 Å². The van der Waals surface area contributed by atoms with Gasteiger partial charge in [0.05, 0.1) is 36.5 Å². The van der Waals surface area contributed by atoms with Crippen LogP contribution in [0.3, 0.4) is 0 Å². The third-order valence-electron chi connectivity index (χ3n) is 5.71. The number of aliphatic imine (C=N–C) groups is 1. The SMILES string of the molecule is COCCN=C1Nc2ccccc2N[C@@]12CCCN(S(=O)(=O)c1cccc(OC)c1)C2. The van der Waals surface area contributed by atoms with Crippen molar-refractivity contribution in [3.63, 3.8) is 0 Å². The van der Waals surface area contributed by atoms with Gasteiger partial charge in [-0.1, -0.05) is 18.2 Å². The Balaban J connectivity index is 1.69. The highest BCUT2D eigenvalue weighted by Gasteiger charge is 2.46. The number of ether oxygens (including phenoxy) is 2. The van der Waals surface area contributed by atoms with E-state index in [1.165, 1.54) is 7.11 Å². The number of anilines is 2. The predicted molar refractivity (Wildman–Crippen MR) is 122 cm³/mol. The summed E-state index contributed by atoms with van der Waals surface area (Å²) >= 11 is 0. The summed E-state index contributed by atoms with van der Waals surface area (Å²) in [6, 6.07) is 14.5. The maximum atomic E-state index is 13.5. The molecule has 1 atom stereocenters. The van der Waals surface area contributed by atoms with Gasteiger partial charge < -0.3 is 20.1 Å². The van der Waals surface area contributed by atoms with Gasteiger partial charge >= 0.3 is 0 Å². The molecule has 0 bridgehead atoms. The number of piperidine rings is 1. The minimum Gasteiger partial charge on any atom is -0.497 e. The molecule has 166 valence electrons. The summed E-state index contributed by atoms with van der Waals surface area (Å²) in [5, 5.41) is 7.04. The number of amidine groups is 1. The molecule has 0 radical (unpaired) electrons. The van der Waals surface area contributed by atoms with Crippen LogP contribution in [-0.2, 0) is 14.8 Å². The Hall–Kier alpha value is -2.62. The van der Waals surface area contributed by atoms with E-state index < -0.39 is 15.6 Å². The molecule has 0 unspecified atom stereocenters. The molecular weight excluding hydrogens is 416 g/mol. The molecule has 0 saturated carbocycles. The molecule has 0 aromatic heterocycles. The first-order chi connectivity index (χ1) is 15.0. The fourth-order valence-corrected chi connectivity index (χ4v) is 5.71. The second kappa shape index (κ2) is 8.86. The molecule has 0 aliphatic carbocycles. The maximum Gasteiger partial charge on any atom is 0.243 e. The van der Waals surface area contributed by atoms with E-state index in [2.05, 4.69) is 10.6 Å². The third kappa shape index (κ3) is 4.26. The number of hydrogen-bond donors (Lipinski definition) is 2. The van der Waals surface area contributed by atoms with Crippen molar-refractivity contribution in [3.05, 3.63) is 48.5 Å². The van der Waals surface area contributed by atoms with E-state index in [-0.39, 0.29) is 11.4 Å². The molecule has 8 nitrogen and oxygen atoms in total. The highest BCUT2D eigenvalue weighted by Crippen LogP contribution is 2.37. The summed E-state index contributed by atoms with van der Waals surface area (Å²) in [4.78, 5) is 4.97. The summed E-state index contributed by atoms with van der Waals surface area (Å²) in [6.07, 6.45) is 1.48. The van der Waals surface area contributed by atoms with Crippen molar-refractivity contribution in [2.24, 2.45) is 4.99 Å². The molecule has 2 aliphatic heterocycles. The molecule has 2 aromatic rings. The number of sulfonamides is 1. The summed E-state index contributed by atoms with van der Waals surface area (Å²) < 4.78 is 38.8. The van der Waals surface area contributed by atoms with Crippen molar-refractivity contribution in [3.8, 4) is 5.75 Å². The molecule has 1 fully saturated rings. The molecule has 2 heterocycles. The monoisotopic (exact) mass is 444 g/mol. The number of fused-ring (bicyclic) bond motifs is 1. The quantitative estimate of drug-likeness (QED) is 0.666. The van der Waals surface area contributed by atoms with Gasteiger partial charge in [0.2, 0.25) is 10.0 Å². The van der Waals surface area contributed by atoms with Gasteiger partial charge in [-0.25, -0.2) is 8.42 Å². The van der Waals surface area contributed by atoms with E-state index in [0.29, 0.717) is 31.9 Å². The van der Waals surface area contributed by atoms with Crippen molar-refractivity contribution in [2.75, 3.05) is 51.1 Å². The largest absolute Gasteiger partial charge is 0.497 e. The molecular formula is C22H28N4O4S. The number of nitrogens with one attached hydrogen (secondary N) is 2. The lowest BCUT2D eigenvalue weighted by Gasteiger charge is -2.46. The lowest BCUT2D eigenvalue weighted by Crippen LogP contribution is -2.62. The van der Waals surface area contributed by atoms with Gasteiger partial charge in [0.25, 0.3) is 0 Å². The van der Waals surface area contributed by atoms with Gasteiger partial charge in [-0.3, -0.25) is 4.99 Å². The smallest absolute Gasteiger partial charge is 0.243 e. The fraction of sp³-hybridized carbons (Fsp3) is 0.409. The van der Waals surface area contributed by atoms with Gasteiger partial charge in [0.1, 0.15) is 17.1 Å². The van der Waals surface area contributed by atoms with Gasteiger partial charge in [0.15, 0.2) is 0 Å². The van der Waals surface area contributed by atoms with Crippen molar-refractivity contribution in [1.82, 2.24) is 4.31 Å². The van der Waals surface area contributed by atoms with Gasteiger partial charge in [-0.2, -0.15) is 4.31 Å². The van der Waals surface area contributed by atoms with Crippen LogP contribution in [0.2, 0.25) is 0 Å². The van der Waals surface area contributed by atoms with Crippen LogP contribution in [0.4, 0.5) is 11.4 Å². The first-order valence-electron chi connectivity index (χ1n) is 10.3. The van der Waals surface area contributed by atoms with Crippen LogP contribution in [0.1, 0.15) is 12.8 Å². The first kappa shape index (κ1) is 21.6. The minimum absolute atomic E-state index is 0.228. The zero-order valence-corrected chi connectivity index (χ0v) is 18.6. The third-order valence-corrected chi connectivity index (χ3v) is 7.55. The Bertz CT molecular complexity index is 1070. The Morgan fingerprint density at radius 3 is 2.71 bits per heavy atom. The van der Waals surface area contributed by atoms with E-state index >= 15 is 0 Å². The second-order valence-corrected chi connectivity index (χ2v) is 9.66. The number of benzene rings is 2. The number of hydrogen-bond acceptors (Lipinski definition) is 6. The van der Waals surface area contributed by atoms with E-state index in [4.69, 9.17) is 14.5 Å². The standard InChI is InChI=1S/C22H28N4O4S/c1-29-14-12-23-21-22(25-20-10-4-3-9-19(20)24-21)11-6-13-26(16-22)31(27,28)18-8-5-7-17(15-18)30-2/h3-5,7-10,15,25H,6,11-14,16H2,1-2H3,(H,23,24)/t22-/m1/s1. The van der Waals surface area contributed by atoms with Crippen LogP contribution in [0.15, 0.2) is 58.4 Å². The Morgan fingerprint density at radius 2 is 1.94 bits per heavy atom. The van der Waals surface area contributed by atoms with Crippen molar-refractivity contribution in [1.29, 1.82) is 0 Å². The topological polar surface area (TPSA) is 92.3 Å². The van der Waals surface area contributed by atoms with Crippen molar-refractivity contribution in [2.45, 2.75) is 23.3 Å². The molecule has 0 amide bonds. The van der Waals surface area contributed by atoms with E-state index in [1.54, 1.807) is 35.7 Å². The molecule has 1 saturated heterocycles. The lowest BCUT2D eigenvalue weighted by atomic mass is 9.86. The minimum atomic E-state index is -3.69. The average Bonchev–Trinajstić information content (AvgIpc) is 2.79. The summed E-state index contributed by atoms with van der Waals surface area (Å²) in [7, 11) is -0.523. The Labute approximate surface area is 183 Å². The Kier molecular flexibility index (Phi) is 6.17. The molecule has 2 aliphatic rings. The second-order valence-electron chi connectivity index (χ2n) is 7.72. The van der Waals surface area contributed by atoms with Crippen LogP contribution < -0.4 is 15.4 Å². The molecule has 31 heavy (non-hydrogen) atoms. The average molecular weight is 445 g/mol. The normalized spacial score (nSPS) is 22.6. The first-order valence-corrected chi connectivity index (χ1v) is 11.7. The van der Waals surface area contributed by atoms with Gasteiger partial charge in [-0.15, -0.1) is 0 Å². The van der Waals surface area contributed by atoms with Crippen LogP contribution >= 0.6 is 0 Å². The van der Waals surface area contributed by atoms with Crippen molar-refractivity contribution < 1.29 is 17.9 Å². The zero-order valence-electron chi connectivity index (χ0n) is 17.8. The van der Waals surface area contributed by atoms with E-state index in [9.17, 15) is 8.42 Å². The van der Waals surface area contributed by atoms with E-state index in [0.717, 1.165) is 23.6 Å². The molecule has 9 heteroatoms.